The van der Waals surface area contributed by atoms with Gasteiger partial charge in [0.15, 0.2) is 5.82 Å². The number of alkyl halides is 1. The number of carbonyl (C=O) groups excluding carboxylic acids is 1. The Balaban J connectivity index is 3.21. The zero-order valence-corrected chi connectivity index (χ0v) is 10.8. The molecule has 1 N–H and O–H groups in total. The second-order valence-corrected chi connectivity index (χ2v) is 5.00. The fourth-order valence-corrected chi connectivity index (χ4v) is 1.68. The molecule has 0 fully saturated rings. The number of carbonyl (C=O) groups is 1. The predicted molar refractivity (Wildman–Crippen MR) is 65.4 cm³/mol. The number of halogens is 2. The Morgan fingerprint density at radius 2 is 2.00 bits per heavy atom. The van der Waals surface area contributed by atoms with Crippen LogP contribution >= 0.6 is 11.6 Å². The zero-order valence-electron chi connectivity index (χ0n) is 10.1. The lowest BCUT2D eigenvalue weighted by molar-refractivity contribution is -0.165. The van der Waals surface area contributed by atoms with Crippen molar-refractivity contribution >= 4 is 23.2 Å². The molecule has 5 heteroatoms. The van der Waals surface area contributed by atoms with E-state index in [1.807, 2.05) is 0 Å². The Labute approximate surface area is 105 Å². The van der Waals surface area contributed by atoms with Crippen molar-refractivity contribution in [1.29, 1.82) is 0 Å². The molecule has 0 bridgehead atoms. The smallest absolute Gasteiger partial charge is 0.226 e. The van der Waals surface area contributed by atoms with Crippen molar-refractivity contribution in [3.63, 3.8) is 0 Å². The Kier molecular flexibility index (Phi) is 3.91. The van der Waals surface area contributed by atoms with Gasteiger partial charge >= 0.3 is 5.91 Å². The number of quaternary nitrogens is 1. The first-order chi connectivity index (χ1) is 7.73. The van der Waals surface area contributed by atoms with Crippen molar-refractivity contribution in [2.24, 2.45) is 5.41 Å². The van der Waals surface area contributed by atoms with Gasteiger partial charge in [0, 0.05) is 11.9 Å². The lowest BCUT2D eigenvalue weighted by Crippen LogP contribution is -2.54. The van der Waals surface area contributed by atoms with E-state index in [0.717, 1.165) is 0 Å². The summed E-state index contributed by atoms with van der Waals surface area (Å²) in [5, 5.41) is 10.2. The van der Waals surface area contributed by atoms with E-state index in [-0.39, 0.29) is 11.6 Å². The van der Waals surface area contributed by atoms with Crippen LogP contribution in [0.1, 0.15) is 13.8 Å². The highest BCUT2D eigenvalue weighted by molar-refractivity contribution is 6.20. The number of hydrogen-bond donors (Lipinski definition) is 1. The maximum absolute atomic E-state index is 13.6. The molecule has 0 aliphatic carbocycles. The van der Waals surface area contributed by atoms with Gasteiger partial charge in [0.05, 0.1) is 5.41 Å². The predicted octanol–water partition coefficient (Wildman–Crippen LogP) is 2.94. The number of hydroxylamine groups is 2. The van der Waals surface area contributed by atoms with Crippen LogP contribution in [0.3, 0.4) is 0 Å². The molecule has 0 radical (unpaired) electrons. The van der Waals surface area contributed by atoms with Crippen LogP contribution in [-0.2, 0) is 4.79 Å². The molecule has 1 rings (SSSR count). The van der Waals surface area contributed by atoms with Crippen LogP contribution in [0.25, 0.3) is 0 Å². The van der Waals surface area contributed by atoms with Gasteiger partial charge in [-0.25, -0.2) is 14.4 Å². The fourth-order valence-electron chi connectivity index (χ4n) is 1.56. The molecule has 1 atom stereocenters. The summed E-state index contributed by atoms with van der Waals surface area (Å²) in [6.07, 6.45) is 0. The van der Waals surface area contributed by atoms with E-state index in [1.54, 1.807) is 19.9 Å². The molecule has 1 aromatic carbocycles. The molecule has 0 aliphatic heterocycles. The van der Waals surface area contributed by atoms with E-state index in [9.17, 15) is 14.4 Å². The zero-order chi connectivity index (χ0) is 13.3. The molecule has 0 saturated heterocycles. The Morgan fingerprint density at radius 3 is 2.47 bits per heavy atom. The van der Waals surface area contributed by atoms with E-state index in [0.29, 0.717) is 0 Å². The quantitative estimate of drug-likeness (QED) is 0.393. The van der Waals surface area contributed by atoms with E-state index < -0.39 is 21.8 Å². The standard InChI is InChI=1S/C12H16ClFNO2/c1-12(2,8-13)11(16)15(3,17)10-7-5-4-6-9(10)14/h4-7,17H,8H2,1-3H3/q+1. The van der Waals surface area contributed by atoms with Gasteiger partial charge in [-0.1, -0.05) is 16.8 Å². The van der Waals surface area contributed by atoms with Crippen LogP contribution in [0.15, 0.2) is 24.3 Å². The minimum Gasteiger partial charge on any atom is -0.226 e. The third-order valence-electron chi connectivity index (χ3n) is 2.63. The second-order valence-electron chi connectivity index (χ2n) is 4.73. The normalized spacial score (nSPS) is 15.4. The summed E-state index contributed by atoms with van der Waals surface area (Å²) in [7, 11) is 1.23. The number of amides is 1. The largest absolute Gasteiger partial charge is 0.357 e. The summed E-state index contributed by atoms with van der Waals surface area (Å²) in [5.74, 6) is -1.14. The minimum absolute atomic E-state index is 0.0503. The highest BCUT2D eigenvalue weighted by Crippen LogP contribution is 2.30. The lowest BCUT2D eigenvalue weighted by atomic mass is 9.94. The number of rotatable bonds is 3. The fraction of sp³-hybridized carbons (Fsp3) is 0.417. The molecule has 0 saturated carbocycles. The summed E-state index contributed by atoms with van der Waals surface area (Å²) in [4.78, 5) is 12.1. The van der Waals surface area contributed by atoms with Gasteiger partial charge < -0.3 is 0 Å². The Hall–Kier alpha value is -0.970. The van der Waals surface area contributed by atoms with Gasteiger partial charge in [-0.05, 0) is 19.9 Å². The SMILES string of the molecule is CC(C)(CCl)C(=O)[N+](C)(O)c1ccccc1F. The molecule has 94 valence electrons. The molecule has 17 heavy (non-hydrogen) atoms. The molecule has 3 nitrogen and oxygen atoms in total. The summed E-state index contributed by atoms with van der Waals surface area (Å²) < 4.78 is 12.4. The average molecular weight is 261 g/mol. The molecule has 0 spiro atoms. The van der Waals surface area contributed by atoms with E-state index in [1.165, 1.54) is 25.2 Å². The number of hydrogen-bond acceptors (Lipinski definition) is 2. The van der Waals surface area contributed by atoms with Gasteiger partial charge in [0.25, 0.3) is 0 Å². The second kappa shape index (κ2) is 4.72. The lowest BCUT2D eigenvalue weighted by Gasteiger charge is -2.29. The summed E-state index contributed by atoms with van der Waals surface area (Å²) in [6, 6.07) is 5.63. The van der Waals surface area contributed by atoms with Crippen LogP contribution in [-0.4, -0.2) is 24.0 Å². The maximum Gasteiger partial charge on any atom is 0.357 e. The summed E-state index contributed by atoms with van der Waals surface area (Å²) in [5.41, 5.74) is -1.02. The monoisotopic (exact) mass is 260 g/mol. The molecule has 0 aliphatic rings. The number of nitrogens with zero attached hydrogens (tertiary/aromatic N) is 1. The summed E-state index contributed by atoms with van der Waals surface area (Å²) in [6.45, 7) is 3.21. The highest BCUT2D eigenvalue weighted by atomic mass is 35.5. The number of benzene rings is 1. The van der Waals surface area contributed by atoms with Crippen molar-refractivity contribution in [2.75, 3.05) is 12.9 Å². The minimum atomic E-state index is -1.15. The van der Waals surface area contributed by atoms with Gasteiger partial charge in [-0.2, -0.15) is 0 Å². The maximum atomic E-state index is 13.6. The third kappa shape index (κ3) is 2.65. The third-order valence-corrected chi connectivity index (χ3v) is 3.30. The van der Waals surface area contributed by atoms with Crippen molar-refractivity contribution in [3.8, 4) is 0 Å². The van der Waals surface area contributed by atoms with Crippen LogP contribution in [0, 0.1) is 11.2 Å². The van der Waals surface area contributed by atoms with E-state index in [4.69, 9.17) is 11.6 Å². The molecule has 0 heterocycles. The van der Waals surface area contributed by atoms with Crippen molar-refractivity contribution in [3.05, 3.63) is 30.1 Å². The van der Waals surface area contributed by atoms with Gasteiger partial charge in [-0.3, -0.25) is 0 Å². The topological polar surface area (TPSA) is 37.3 Å². The van der Waals surface area contributed by atoms with Gasteiger partial charge in [-0.15, -0.1) is 11.6 Å². The van der Waals surface area contributed by atoms with Gasteiger partial charge in [0.1, 0.15) is 7.05 Å². The highest BCUT2D eigenvalue weighted by Gasteiger charge is 2.45. The van der Waals surface area contributed by atoms with Crippen LogP contribution < -0.4 is 4.65 Å². The first-order valence-electron chi connectivity index (χ1n) is 5.19. The summed E-state index contributed by atoms with van der Waals surface area (Å²) >= 11 is 5.69. The first kappa shape index (κ1) is 14.1. The Bertz CT molecular complexity index is 432. The molecule has 1 amide bonds. The van der Waals surface area contributed by atoms with Crippen LogP contribution in [0.4, 0.5) is 10.1 Å². The molecule has 1 unspecified atom stereocenters. The van der Waals surface area contributed by atoms with E-state index in [2.05, 4.69) is 0 Å². The number of para-hydroxylation sites is 1. The first-order valence-corrected chi connectivity index (χ1v) is 5.72. The van der Waals surface area contributed by atoms with Crippen molar-refractivity contribution in [2.45, 2.75) is 13.8 Å². The molecular formula is C12H16ClFNO2+. The van der Waals surface area contributed by atoms with Crippen molar-refractivity contribution in [1.82, 2.24) is 4.65 Å². The molecule has 1 aromatic rings. The van der Waals surface area contributed by atoms with Crippen LogP contribution in [0.2, 0.25) is 0 Å². The van der Waals surface area contributed by atoms with Crippen molar-refractivity contribution < 1.29 is 14.4 Å². The molecule has 0 aromatic heterocycles. The average Bonchev–Trinajstić information content (AvgIpc) is 2.28. The van der Waals surface area contributed by atoms with E-state index >= 15 is 0 Å². The molecular weight excluding hydrogens is 245 g/mol. The Morgan fingerprint density at radius 1 is 1.47 bits per heavy atom. The van der Waals surface area contributed by atoms with Gasteiger partial charge in [0.2, 0.25) is 5.69 Å². The van der Waals surface area contributed by atoms with Crippen LogP contribution in [0.5, 0.6) is 0 Å².